The van der Waals surface area contributed by atoms with Gasteiger partial charge in [-0.15, -0.1) is 0 Å². The first-order valence-corrected chi connectivity index (χ1v) is 7.18. The third-order valence-corrected chi connectivity index (χ3v) is 3.93. The quantitative estimate of drug-likeness (QED) is 0.834. The first-order chi connectivity index (χ1) is 8.68. The number of piperidine rings is 1. The Kier molecular flexibility index (Phi) is 4.79. The molecule has 1 unspecified atom stereocenters. The highest BCUT2D eigenvalue weighted by Crippen LogP contribution is 2.21. The van der Waals surface area contributed by atoms with Crippen LogP contribution in [0.2, 0.25) is 0 Å². The van der Waals surface area contributed by atoms with E-state index in [1.54, 1.807) is 0 Å². The van der Waals surface area contributed by atoms with Crippen LogP contribution in [0.4, 0.5) is 0 Å². The lowest BCUT2D eigenvalue weighted by Gasteiger charge is -2.29. The molecule has 2 heteroatoms. The van der Waals surface area contributed by atoms with E-state index in [2.05, 4.69) is 54.8 Å². The van der Waals surface area contributed by atoms with Gasteiger partial charge in [0.25, 0.3) is 0 Å². The molecule has 1 aliphatic heterocycles. The van der Waals surface area contributed by atoms with Crippen LogP contribution >= 0.6 is 0 Å². The van der Waals surface area contributed by atoms with Gasteiger partial charge >= 0.3 is 0 Å². The molecule has 2 nitrogen and oxygen atoms in total. The number of hydrogen-bond donors (Lipinski definition) is 2. The molecule has 1 aliphatic rings. The van der Waals surface area contributed by atoms with E-state index in [4.69, 9.17) is 0 Å². The molecule has 0 amide bonds. The maximum absolute atomic E-state index is 3.63. The van der Waals surface area contributed by atoms with Crippen molar-refractivity contribution in [2.45, 2.75) is 44.6 Å². The highest BCUT2D eigenvalue weighted by Gasteiger charge is 2.20. The number of rotatable bonds is 5. The number of hydrogen-bond acceptors (Lipinski definition) is 2. The lowest BCUT2D eigenvalue weighted by molar-refractivity contribution is 0.366. The van der Waals surface area contributed by atoms with E-state index < -0.39 is 0 Å². The van der Waals surface area contributed by atoms with Crippen LogP contribution in [-0.2, 0) is 5.41 Å². The van der Waals surface area contributed by atoms with Crippen molar-refractivity contribution in [1.29, 1.82) is 0 Å². The predicted molar refractivity (Wildman–Crippen MR) is 78.0 cm³/mol. The van der Waals surface area contributed by atoms with Crippen molar-refractivity contribution in [2.24, 2.45) is 0 Å². The second-order valence-electron chi connectivity index (χ2n) is 6.03. The van der Waals surface area contributed by atoms with E-state index in [0.717, 1.165) is 13.1 Å². The van der Waals surface area contributed by atoms with Crippen LogP contribution in [0.15, 0.2) is 30.3 Å². The van der Waals surface area contributed by atoms with Gasteiger partial charge in [0.2, 0.25) is 0 Å². The monoisotopic (exact) mass is 246 g/mol. The van der Waals surface area contributed by atoms with E-state index in [1.165, 1.54) is 31.4 Å². The lowest BCUT2D eigenvalue weighted by atomic mass is 9.84. The summed E-state index contributed by atoms with van der Waals surface area (Å²) < 4.78 is 0. The molecule has 2 rings (SSSR count). The fraction of sp³-hybridized carbons (Fsp3) is 0.625. The average molecular weight is 246 g/mol. The van der Waals surface area contributed by atoms with Crippen LogP contribution in [0.3, 0.4) is 0 Å². The third kappa shape index (κ3) is 3.82. The minimum Gasteiger partial charge on any atom is -0.314 e. The van der Waals surface area contributed by atoms with Crippen molar-refractivity contribution >= 4 is 0 Å². The summed E-state index contributed by atoms with van der Waals surface area (Å²) in [6.07, 6.45) is 4.03. The van der Waals surface area contributed by atoms with Gasteiger partial charge in [0.1, 0.15) is 0 Å². The van der Waals surface area contributed by atoms with Crippen LogP contribution in [0, 0.1) is 0 Å². The highest BCUT2D eigenvalue weighted by atomic mass is 15.0. The van der Waals surface area contributed by atoms with Gasteiger partial charge < -0.3 is 10.6 Å². The molecule has 100 valence electrons. The summed E-state index contributed by atoms with van der Waals surface area (Å²) in [5.41, 5.74) is 1.62. The van der Waals surface area contributed by atoms with Crippen LogP contribution < -0.4 is 10.6 Å². The van der Waals surface area contributed by atoms with Gasteiger partial charge in [-0.3, -0.25) is 0 Å². The molecular formula is C16H26N2. The summed E-state index contributed by atoms with van der Waals surface area (Å²) in [7, 11) is 0. The van der Waals surface area contributed by atoms with Gasteiger partial charge in [-0.25, -0.2) is 0 Å². The van der Waals surface area contributed by atoms with Crippen molar-refractivity contribution in [3.63, 3.8) is 0 Å². The smallest absolute Gasteiger partial charge is 0.0192 e. The molecule has 0 spiro atoms. The Hall–Kier alpha value is -0.860. The number of benzene rings is 1. The first-order valence-electron chi connectivity index (χ1n) is 7.18. The Bertz CT molecular complexity index is 339. The zero-order valence-corrected chi connectivity index (χ0v) is 11.7. The minimum atomic E-state index is 0.204. The fourth-order valence-electron chi connectivity index (χ4n) is 2.65. The third-order valence-electron chi connectivity index (χ3n) is 3.93. The SMILES string of the molecule is CC(C)(CNCC1CCCCN1)c1ccccc1. The standard InChI is InChI=1S/C16H26N2/c1-16(2,14-8-4-3-5-9-14)13-17-12-15-10-6-7-11-18-15/h3-5,8-9,15,17-18H,6-7,10-13H2,1-2H3. The van der Waals surface area contributed by atoms with Gasteiger partial charge in [-0.2, -0.15) is 0 Å². The van der Waals surface area contributed by atoms with Gasteiger partial charge in [0.05, 0.1) is 0 Å². The molecular weight excluding hydrogens is 220 g/mol. The van der Waals surface area contributed by atoms with E-state index in [-0.39, 0.29) is 5.41 Å². The molecule has 1 saturated heterocycles. The van der Waals surface area contributed by atoms with E-state index in [9.17, 15) is 0 Å². The largest absolute Gasteiger partial charge is 0.314 e. The molecule has 1 aromatic carbocycles. The Morgan fingerprint density at radius 1 is 1.22 bits per heavy atom. The molecule has 0 bridgehead atoms. The van der Waals surface area contributed by atoms with Crippen LogP contribution in [0.1, 0.15) is 38.7 Å². The lowest BCUT2D eigenvalue weighted by Crippen LogP contribution is -2.44. The summed E-state index contributed by atoms with van der Waals surface area (Å²) >= 11 is 0. The maximum Gasteiger partial charge on any atom is 0.0192 e. The normalized spacial score (nSPS) is 20.9. The second kappa shape index (κ2) is 6.35. The van der Waals surface area contributed by atoms with Crippen LogP contribution in [-0.4, -0.2) is 25.7 Å². The Labute approximate surface area is 111 Å². The van der Waals surface area contributed by atoms with Gasteiger partial charge in [-0.05, 0) is 24.9 Å². The predicted octanol–water partition coefficient (Wildman–Crippen LogP) is 2.70. The second-order valence-corrected chi connectivity index (χ2v) is 6.03. The number of nitrogens with one attached hydrogen (secondary N) is 2. The summed E-state index contributed by atoms with van der Waals surface area (Å²) in [6.45, 7) is 7.94. The van der Waals surface area contributed by atoms with Crippen molar-refractivity contribution in [2.75, 3.05) is 19.6 Å². The molecule has 18 heavy (non-hydrogen) atoms. The zero-order valence-electron chi connectivity index (χ0n) is 11.7. The topological polar surface area (TPSA) is 24.1 Å². The van der Waals surface area contributed by atoms with Crippen molar-refractivity contribution in [3.05, 3.63) is 35.9 Å². The van der Waals surface area contributed by atoms with E-state index in [1.807, 2.05) is 0 Å². The summed E-state index contributed by atoms with van der Waals surface area (Å²) in [4.78, 5) is 0. The van der Waals surface area contributed by atoms with Crippen molar-refractivity contribution in [1.82, 2.24) is 10.6 Å². The molecule has 0 aromatic heterocycles. The van der Waals surface area contributed by atoms with E-state index in [0.29, 0.717) is 6.04 Å². The molecule has 0 saturated carbocycles. The zero-order chi connectivity index (χ0) is 12.8. The molecule has 1 aromatic rings. The first kappa shape index (κ1) is 13.6. The Balaban J connectivity index is 1.78. The summed E-state index contributed by atoms with van der Waals surface area (Å²) in [5.74, 6) is 0. The van der Waals surface area contributed by atoms with Gasteiger partial charge in [0.15, 0.2) is 0 Å². The maximum atomic E-state index is 3.63. The van der Waals surface area contributed by atoms with Gasteiger partial charge in [0, 0.05) is 24.5 Å². The molecule has 0 aliphatic carbocycles. The van der Waals surface area contributed by atoms with Gasteiger partial charge in [-0.1, -0.05) is 50.6 Å². The summed E-state index contributed by atoms with van der Waals surface area (Å²) in [5, 5.41) is 7.21. The fourth-order valence-corrected chi connectivity index (χ4v) is 2.65. The Morgan fingerprint density at radius 3 is 2.67 bits per heavy atom. The minimum absolute atomic E-state index is 0.204. The van der Waals surface area contributed by atoms with Crippen molar-refractivity contribution in [3.8, 4) is 0 Å². The molecule has 1 atom stereocenters. The highest BCUT2D eigenvalue weighted by molar-refractivity contribution is 5.23. The van der Waals surface area contributed by atoms with Crippen molar-refractivity contribution < 1.29 is 0 Å². The average Bonchev–Trinajstić information content (AvgIpc) is 2.41. The molecule has 2 N–H and O–H groups in total. The molecule has 1 fully saturated rings. The van der Waals surface area contributed by atoms with Crippen LogP contribution in [0.25, 0.3) is 0 Å². The molecule has 1 heterocycles. The van der Waals surface area contributed by atoms with E-state index >= 15 is 0 Å². The Morgan fingerprint density at radius 2 is 2.00 bits per heavy atom. The molecule has 0 radical (unpaired) electrons. The van der Waals surface area contributed by atoms with Crippen LogP contribution in [0.5, 0.6) is 0 Å². The summed E-state index contributed by atoms with van der Waals surface area (Å²) in [6, 6.07) is 11.4.